The monoisotopic (exact) mass is 770 g/mol. The molecule has 0 bridgehead atoms. The van der Waals surface area contributed by atoms with E-state index in [2.05, 4.69) is 215 Å². The maximum Gasteiger partial charge on any atom is 0.299 e. The Hall–Kier alpha value is -6.48. The molecule has 4 nitrogen and oxygen atoms in total. The summed E-state index contributed by atoms with van der Waals surface area (Å²) in [5, 5.41) is 16.9. The standard InChI is InChI=1S/C53H48N3OSi/c1-34(2)41-21-16-22-42(35(3)4)50(41)56-48-24-15-14-23-47(48)55(6)53(56)49-36(5)25-30-45-44-32-31-43(46(33-54)51(44)57-52(45)49)37-26-28-40(29-27-37)58(7,38-17-10-8-11-18-38)39-19-12-9-13-20-39/h8-32,34-35H,1-7H3/q+1. The van der Waals surface area contributed by atoms with Crippen molar-refractivity contribution < 1.29 is 8.98 Å². The number of para-hydroxylation sites is 3. The number of aryl methyl sites for hydroxylation is 2. The highest BCUT2D eigenvalue weighted by atomic mass is 28.3. The van der Waals surface area contributed by atoms with E-state index in [1.165, 1.54) is 32.4 Å². The van der Waals surface area contributed by atoms with Gasteiger partial charge in [0.15, 0.2) is 22.2 Å². The van der Waals surface area contributed by atoms with Gasteiger partial charge in [-0.15, -0.1) is 0 Å². The molecule has 0 saturated carbocycles. The van der Waals surface area contributed by atoms with Crippen molar-refractivity contribution in [2.75, 3.05) is 0 Å². The van der Waals surface area contributed by atoms with E-state index in [4.69, 9.17) is 4.42 Å². The van der Waals surface area contributed by atoms with E-state index in [0.717, 1.165) is 55.5 Å². The van der Waals surface area contributed by atoms with Gasteiger partial charge in [0.25, 0.3) is 5.82 Å². The van der Waals surface area contributed by atoms with Crippen molar-refractivity contribution in [3.05, 3.63) is 174 Å². The Kier molecular flexibility index (Phi) is 9.26. The first-order valence-corrected chi connectivity index (χ1v) is 22.9. The van der Waals surface area contributed by atoms with Gasteiger partial charge in [-0.05, 0) is 63.6 Å². The van der Waals surface area contributed by atoms with Crippen molar-refractivity contribution in [1.29, 1.82) is 5.26 Å². The second kappa shape index (κ2) is 14.5. The van der Waals surface area contributed by atoms with Gasteiger partial charge in [-0.25, -0.2) is 4.57 Å². The molecule has 2 aromatic heterocycles. The fourth-order valence-corrected chi connectivity index (χ4v) is 12.8. The molecule has 58 heavy (non-hydrogen) atoms. The van der Waals surface area contributed by atoms with Gasteiger partial charge in [-0.1, -0.05) is 168 Å². The summed E-state index contributed by atoms with van der Waals surface area (Å²) in [6.45, 7) is 13.7. The Morgan fingerprint density at radius 2 is 1.17 bits per heavy atom. The first-order chi connectivity index (χ1) is 28.1. The number of furan rings is 1. The molecule has 0 atom stereocenters. The first kappa shape index (κ1) is 37.1. The Labute approximate surface area is 342 Å². The van der Waals surface area contributed by atoms with Crippen LogP contribution in [0, 0.1) is 18.3 Å². The largest absolute Gasteiger partial charge is 0.454 e. The van der Waals surface area contributed by atoms with Gasteiger partial charge in [-0.2, -0.15) is 9.83 Å². The van der Waals surface area contributed by atoms with Crippen molar-refractivity contribution in [2.24, 2.45) is 7.05 Å². The molecule has 0 fully saturated rings. The molecule has 0 unspecified atom stereocenters. The normalized spacial score (nSPS) is 12.0. The number of imidazole rings is 1. The van der Waals surface area contributed by atoms with Crippen molar-refractivity contribution in [3.8, 4) is 34.3 Å². The summed E-state index contributed by atoms with van der Waals surface area (Å²) in [6.07, 6.45) is 0. The third-order valence-corrected chi connectivity index (χ3v) is 16.9. The van der Waals surface area contributed by atoms with E-state index < -0.39 is 8.07 Å². The van der Waals surface area contributed by atoms with Crippen LogP contribution >= 0.6 is 0 Å². The number of nitrogens with zero attached hydrogens (tertiary/aromatic N) is 3. The van der Waals surface area contributed by atoms with Crippen LogP contribution in [0.3, 0.4) is 0 Å². The predicted octanol–water partition coefficient (Wildman–Crippen LogP) is 11.2. The zero-order valence-electron chi connectivity index (χ0n) is 34.3. The molecular weight excluding hydrogens is 723 g/mol. The van der Waals surface area contributed by atoms with E-state index in [1.807, 2.05) is 0 Å². The lowest BCUT2D eigenvalue weighted by Crippen LogP contribution is -2.64. The zero-order valence-corrected chi connectivity index (χ0v) is 35.3. The average molecular weight is 771 g/mol. The summed E-state index contributed by atoms with van der Waals surface area (Å²) < 4.78 is 11.8. The van der Waals surface area contributed by atoms with Crippen molar-refractivity contribution >= 4 is 56.6 Å². The van der Waals surface area contributed by atoms with E-state index in [9.17, 15) is 5.26 Å². The minimum Gasteiger partial charge on any atom is -0.454 e. The second-order valence-electron chi connectivity index (χ2n) is 16.4. The molecule has 0 aliphatic heterocycles. The summed E-state index contributed by atoms with van der Waals surface area (Å²) in [6, 6.07) is 57.3. The van der Waals surface area contributed by atoms with Gasteiger partial charge in [0.2, 0.25) is 0 Å². The smallest absolute Gasteiger partial charge is 0.299 e. The van der Waals surface area contributed by atoms with Gasteiger partial charge in [-0.3, -0.25) is 0 Å². The lowest BCUT2D eigenvalue weighted by molar-refractivity contribution is -0.633. The first-order valence-electron chi connectivity index (χ1n) is 20.4. The molecular formula is C53H48N3OSi+. The van der Waals surface area contributed by atoms with Crippen molar-refractivity contribution in [1.82, 2.24) is 4.57 Å². The third-order valence-electron chi connectivity index (χ3n) is 12.4. The highest BCUT2D eigenvalue weighted by Crippen LogP contribution is 2.43. The summed E-state index contributed by atoms with van der Waals surface area (Å²) in [5.41, 5.74) is 12.1. The van der Waals surface area contributed by atoms with E-state index in [0.29, 0.717) is 23.0 Å². The average Bonchev–Trinajstić information content (AvgIpc) is 3.77. The quantitative estimate of drug-likeness (QED) is 0.0877. The van der Waals surface area contributed by atoms with Crippen LogP contribution < -0.4 is 20.1 Å². The molecule has 5 heteroatoms. The third kappa shape index (κ3) is 5.74. The Balaban J connectivity index is 1.25. The van der Waals surface area contributed by atoms with Crippen LogP contribution in [0.5, 0.6) is 0 Å². The molecule has 0 radical (unpaired) electrons. The van der Waals surface area contributed by atoms with Gasteiger partial charge in [0.1, 0.15) is 31.0 Å². The molecule has 0 amide bonds. The molecule has 284 valence electrons. The Morgan fingerprint density at radius 1 is 0.621 bits per heavy atom. The molecule has 7 aromatic carbocycles. The number of fused-ring (bicyclic) bond motifs is 4. The minimum absolute atomic E-state index is 0.314. The molecule has 0 N–H and O–H groups in total. The second-order valence-corrected chi connectivity index (χ2v) is 20.4. The number of hydrogen-bond donors (Lipinski definition) is 0. The van der Waals surface area contributed by atoms with Crippen LogP contribution in [0.25, 0.3) is 61.2 Å². The predicted molar refractivity (Wildman–Crippen MR) is 244 cm³/mol. The fraction of sp³-hybridized carbons (Fsp3) is 0.170. The molecule has 0 spiro atoms. The van der Waals surface area contributed by atoms with Crippen LogP contribution in [0.4, 0.5) is 0 Å². The van der Waals surface area contributed by atoms with Crippen LogP contribution in [0.1, 0.15) is 61.8 Å². The van der Waals surface area contributed by atoms with Crippen LogP contribution in [-0.2, 0) is 7.05 Å². The molecule has 2 heterocycles. The molecule has 9 rings (SSSR count). The fourth-order valence-electron chi connectivity index (χ4n) is 9.25. The van der Waals surface area contributed by atoms with E-state index in [1.54, 1.807) is 0 Å². The summed E-state index contributed by atoms with van der Waals surface area (Å²) >= 11 is 0. The summed E-state index contributed by atoms with van der Waals surface area (Å²) in [4.78, 5) is 0. The van der Waals surface area contributed by atoms with Gasteiger partial charge < -0.3 is 4.42 Å². The van der Waals surface area contributed by atoms with Gasteiger partial charge in [0, 0.05) is 27.5 Å². The molecule has 0 saturated heterocycles. The summed E-state index contributed by atoms with van der Waals surface area (Å²) in [7, 11) is -0.127. The topological polar surface area (TPSA) is 45.7 Å². The number of benzene rings is 7. The zero-order chi connectivity index (χ0) is 40.3. The lowest BCUT2D eigenvalue weighted by atomic mass is 9.92. The number of hydrogen-bond acceptors (Lipinski definition) is 2. The minimum atomic E-state index is -2.29. The molecule has 0 aliphatic carbocycles. The van der Waals surface area contributed by atoms with Crippen LogP contribution in [0.2, 0.25) is 6.55 Å². The maximum absolute atomic E-state index is 10.9. The number of aromatic nitrogens is 2. The van der Waals surface area contributed by atoms with E-state index >= 15 is 0 Å². The van der Waals surface area contributed by atoms with E-state index in [-0.39, 0.29) is 0 Å². The van der Waals surface area contributed by atoms with Crippen molar-refractivity contribution in [2.45, 2.75) is 53.0 Å². The highest BCUT2D eigenvalue weighted by Gasteiger charge is 2.35. The maximum atomic E-state index is 10.9. The van der Waals surface area contributed by atoms with Crippen LogP contribution in [-0.4, -0.2) is 12.6 Å². The van der Waals surface area contributed by atoms with Crippen LogP contribution in [0.15, 0.2) is 156 Å². The molecule has 0 aliphatic rings. The van der Waals surface area contributed by atoms with Gasteiger partial charge in [0.05, 0.1) is 7.05 Å². The highest BCUT2D eigenvalue weighted by molar-refractivity contribution is 7.10. The lowest BCUT2D eigenvalue weighted by Gasteiger charge is -2.29. The van der Waals surface area contributed by atoms with Crippen molar-refractivity contribution in [3.63, 3.8) is 0 Å². The summed E-state index contributed by atoms with van der Waals surface area (Å²) in [5.74, 6) is 1.68. The SMILES string of the molecule is Cc1ccc2c(oc3c(C#N)c(-c4ccc([Si](C)(c5ccccc5)c5ccccc5)cc4)ccc32)c1-c1n(-c2c(C(C)C)cccc2C(C)C)c2ccccc2[n+]1C. The van der Waals surface area contributed by atoms with Gasteiger partial charge >= 0.3 is 0 Å². The molecule has 9 aromatic rings. The Bertz CT molecular complexity index is 2970. The number of nitriles is 1. The number of rotatable bonds is 8. The Morgan fingerprint density at radius 3 is 1.78 bits per heavy atom.